The van der Waals surface area contributed by atoms with Crippen LogP contribution in [0.3, 0.4) is 0 Å². The molecule has 0 atom stereocenters. The molecule has 0 saturated heterocycles. The number of nitrogens with one attached hydrogen (secondary N) is 1. The molecule has 0 aromatic heterocycles. The fourth-order valence-corrected chi connectivity index (χ4v) is 1.84. The number of benzene rings is 1. The highest BCUT2D eigenvalue weighted by molar-refractivity contribution is 5.84. The Bertz CT molecular complexity index is 518. The van der Waals surface area contributed by atoms with E-state index in [0.717, 1.165) is 5.56 Å². The molecule has 0 unspecified atom stereocenters. The van der Waals surface area contributed by atoms with Gasteiger partial charge in [-0.2, -0.15) is 0 Å². The van der Waals surface area contributed by atoms with Crippen molar-refractivity contribution in [3.05, 3.63) is 35.9 Å². The van der Waals surface area contributed by atoms with Crippen LogP contribution in [0.5, 0.6) is 0 Å². The molecule has 23 heavy (non-hydrogen) atoms. The van der Waals surface area contributed by atoms with Gasteiger partial charge in [-0.25, -0.2) is 4.79 Å². The van der Waals surface area contributed by atoms with E-state index >= 15 is 0 Å². The van der Waals surface area contributed by atoms with E-state index in [9.17, 15) is 14.4 Å². The molecule has 0 fully saturated rings. The van der Waals surface area contributed by atoms with Gasteiger partial charge in [-0.15, -0.1) is 0 Å². The first-order chi connectivity index (χ1) is 11.1. The number of esters is 2. The zero-order valence-corrected chi connectivity index (χ0v) is 13.4. The summed E-state index contributed by atoms with van der Waals surface area (Å²) in [6, 6.07) is 8.70. The average Bonchev–Trinajstić information content (AvgIpc) is 2.53. The van der Waals surface area contributed by atoms with Gasteiger partial charge in [0.05, 0.1) is 13.2 Å². The van der Waals surface area contributed by atoms with Crippen LogP contribution in [0.1, 0.15) is 19.4 Å². The van der Waals surface area contributed by atoms with Crippen LogP contribution in [0.25, 0.3) is 0 Å². The van der Waals surface area contributed by atoms with E-state index in [0.29, 0.717) is 0 Å². The maximum atomic E-state index is 12.2. The van der Waals surface area contributed by atoms with Gasteiger partial charge in [0, 0.05) is 6.54 Å². The van der Waals surface area contributed by atoms with Crippen LogP contribution in [0.15, 0.2) is 30.3 Å². The second kappa shape index (κ2) is 10.2. The Balaban J connectivity index is 2.67. The summed E-state index contributed by atoms with van der Waals surface area (Å²) < 4.78 is 9.62. The van der Waals surface area contributed by atoms with Gasteiger partial charge in [0.15, 0.2) is 0 Å². The van der Waals surface area contributed by atoms with E-state index in [1.165, 1.54) is 4.90 Å². The lowest BCUT2D eigenvalue weighted by Crippen LogP contribution is -2.44. The van der Waals surface area contributed by atoms with Crippen molar-refractivity contribution in [2.45, 2.75) is 20.4 Å². The standard InChI is InChI=1S/C16H22N2O5/c1-3-22-14(19)10-17-16(21)18(12-15(20)23-4-2)11-13-8-6-5-7-9-13/h5-9H,3-4,10-12H2,1-2H3,(H,17,21). The maximum Gasteiger partial charge on any atom is 0.325 e. The molecule has 0 heterocycles. The molecule has 0 saturated carbocycles. The Morgan fingerprint density at radius 3 is 2.22 bits per heavy atom. The summed E-state index contributed by atoms with van der Waals surface area (Å²) in [5.41, 5.74) is 0.864. The number of urea groups is 1. The predicted octanol–water partition coefficient (Wildman–Crippen LogP) is 1.32. The van der Waals surface area contributed by atoms with Crippen molar-refractivity contribution in [2.75, 3.05) is 26.3 Å². The number of hydrogen-bond donors (Lipinski definition) is 1. The molecule has 1 N–H and O–H groups in total. The molecule has 0 aliphatic heterocycles. The first-order valence-electron chi connectivity index (χ1n) is 7.44. The van der Waals surface area contributed by atoms with Crippen molar-refractivity contribution < 1.29 is 23.9 Å². The number of hydrogen-bond acceptors (Lipinski definition) is 5. The van der Waals surface area contributed by atoms with Gasteiger partial charge in [0.25, 0.3) is 0 Å². The zero-order valence-electron chi connectivity index (χ0n) is 13.4. The van der Waals surface area contributed by atoms with E-state index in [4.69, 9.17) is 9.47 Å². The van der Waals surface area contributed by atoms with E-state index in [-0.39, 0.29) is 32.8 Å². The first kappa shape index (κ1) is 18.5. The Kier molecular flexibility index (Phi) is 8.20. The lowest BCUT2D eigenvalue weighted by Gasteiger charge is -2.22. The number of nitrogens with zero attached hydrogens (tertiary/aromatic N) is 1. The summed E-state index contributed by atoms with van der Waals surface area (Å²) >= 11 is 0. The van der Waals surface area contributed by atoms with Crippen molar-refractivity contribution in [3.8, 4) is 0 Å². The highest BCUT2D eigenvalue weighted by Gasteiger charge is 2.19. The summed E-state index contributed by atoms with van der Waals surface area (Å²) in [5.74, 6) is -1.04. The summed E-state index contributed by atoms with van der Waals surface area (Å²) in [4.78, 5) is 36.4. The van der Waals surface area contributed by atoms with Crippen molar-refractivity contribution in [1.29, 1.82) is 0 Å². The van der Waals surface area contributed by atoms with Crippen LogP contribution in [-0.4, -0.2) is 49.2 Å². The van der Waals surface area contributed by atoms with Crippen molar-refractivity contribution in [1.82, 2.24) is 10.2 Å². The van der Waals surface area contributed by atoms with Crippen LogP contribution in [0.2, 0.25) is 0 Å². The molecule has 1 aromatic rings. The van der Waals surface area contributed by atoms with Crippen LogP contribution in [-0.2, 0) is 25.6 Å². The monoisotopic (exact) mass is 322 g/mol. The summed E-state index contributed by atoms with van der Waals surface area (Å²) in [6.45, 7) is 3.64. The normalized spacial score (nSPS) is 9.83. The SMILES string of the molecule is CCOC(=O)CNC(=O)N(CC(=O)OCC)Cc1ccccc1. The van der Waals surface area contributed by atoms with Crippen LogP contribution < -0.4 is 5.32 Å². The molecule has 0 radical (unpaired) electrons. The summed E-state index contributed by atoms with van der Waals surface area (Å²) in [7, 11) is 0. The fourth-order valence-electron chi connectivity index (χ4n) is 1.84. The summed E-state index contributed by atoms with van der Waals surface area (Å²) in [6.07, 6.45) is 0. The Labute approximate surface area is 135 Å². The zero-order chi connectivity index (χ0) is 17.1. The molecule has 7 heteroatoms. The number of carbonyl (C=O) groups is 3. The molecule has 7 nitrogen and oxygen atoms in total. The first-order valence-corrected chi connectivity index (χ1v) is 7.44. The molecule has 1 aromatic carbocycles. The molecule has 126 valence electrons. The smallest absolute Gasteiger partial charge is 0.325 e. The quantitative estimate of drug-likeness (QED) is 0.730. The minimum atomic E-state index is -0.532. The highest BCUT2D eigenvalue weighted by atomic mass is 16.5. The number of amides is 2. The van der Waals surface area contributed by atoms with Gasteiger partial charge in [-0.3, -0.25) is 9.59 Å². The van der Waals surface area contributed by atoms with Gasteiger partial charge in [-0.1, -0.05) is 30.3 Å². The second-order valence-electron chi connectivity index (χ2n) is 4.61. The molecule has 0 spiro atoms. The second-order valence-corrected chi connectivity index (χ2v) is 4.61. The van der Waals surface area contributed by atoms with Crippen LogP contribution in [0, 0.1) is 0 Å². The molecular weight excluding hydrogens is 300 g/mol. The van der Waals surface area contributed by atoms with Crippen molar-refractivity contribution in [3.63, 3.8) is 0 Å². The molecule has 1 rings (SSSR count). The molecule has 0 aliphatic rings. The minimum absolute atomic E-state index is 0.197. The third-order valence-electron chi connectivity index (χ3n) is 2.82. The summed E-state index contributed by atoms with van der Waals surface area (Å²) in [5, 5.41) is 2.44. The molecular formula is C16H22N2O5. The Morgan fingerprint density at radius 1 is 1.00 bits per heavy atom. The molecule has 0 bridgehead atoms. The highest BCUT2D eigenvalue weighted by Crippen LogP contribution is 2.05. The van der Waals surface area contributed by atoms with Crippen LogP contribution >= 0.6 is 0 Å². The van der Waals surface area contributed by atoms with Gasteiger partial charge < -0.3 is 19.7 Å². The third kappa shape index (κ3) is 7.30. The van der Waals surface area contributed by atoms with Crippen LogP contribution in [0.4, 0.5) is 4.79 Å². The Hall–Kier alpha value is -2.57. The van der Waals surface area contributed by atoms with Gasteiger partial charge >= 0.3 is 18.0 Å². The van der Waals surface area contributed by atoms with E-state index in [1.54, 1.807) is 13.8 Å². The number of rotatable bonds is 8. The lowest BCUT2D eigenvalue weighted by atomic mass is 10.2. The van der Waals surface area contributed by atoms with E-state index in [1.807, 2.05) is 30.3 Å². The molecule has 0 aliphatic carbocycles. The van der Waals surface area contributed by atoms with Crippen molar-refractivity contribution in [2.24, 2.45) is 0 Å². The molecule has 2 amide bonds. The largest absolute Gasteiger partial charge is 0.465 e. The van der Waals surface area contributed by atoms with Gasteiger partial charge in [0.2, 0.25) is 0 Å². The van der Waals surface area contributed by atoms with Gasteiger partial charge in [-0.05, 0) is 19.4 Å². The predicted molar refractivity (Wildman–Crippen MR) is 83.5 cm³/mol. The number of carbonyl (C=O) groups excluding carboxylic acids is 3. The maximum absolute atomic E-state index is 12.2. The van der Waals surface area contributed by atoms with E-state index in [2.05, 4.69) is 5.32 Å². The average molecular weight is 322 g/mol. The van der Waals surface area contributed by atoms with Gasteiger partial charge in [0.1, 0.15) is 13.1 Å². The minimum Gasteiger partial charge on any atom is -0.465 e. The topological polar surface area (TPSA) is 84.9 Å². The lowest BCUT2D eigenvalue weighted by molar-refractivity contribution is -0.143. The van der Waals surface area contributed by atoms with Crippen molar-refractivity contribution >= 4 is 18.0 Å². The Morgan fingerprint density at radius 2 is 1.61 bits per heavy atom. The third-order valence-corrected chi connectivity index (χ3v) is 2.82. The van der Waals surface area contributed by atoms with E-state index < -0.39 is 18.0 Å². The number of ether oxygens (including phenoxy) is 2. The fraction of sp³-hybridized carbons (Fsp3) is 0.438.